The van der Waals surface area contributed by atoms with Gasteiger partial charge in [-0.25, -0.2) is 4.79 Å². The summed E-state index contributed by atoms with van der Waals surface area (Å²) in [6.07, 6.45) is 6.01. The Morgan fingerprint density at radius 3 is 2.78 bits per heavy atom. The van der Waals surface area contributed by atoms with Crippen LogP contribution in [0.4, 0.5) is 4.79 Å². The first kappa shape index (κ1) is 14.8. The van der Waals surface area contributed by atoms with E-state index in [4.69, 9.17) is 4.74 Å². The number of carbonyl (C=O) groups excluding carboxylic acids is 1. The lowest BCUT2D eigenvalue weighted by Gasteiger charge is -2.33. The van der Waals surface area contributed by atoms with E-state index < -0.39 is 5.60 Å². The normalized spacial score (nSPS) is 22.9. The molecule has 0 radical (unpaired) electrons. The quantitative estimate of drug-likeness (QED) is 0.782. The molecule has 4 nitrogen and oxygen atoms in total. The van der Waals surface area contributed by atoms with Crippen molar-refractivity contribution in [1.29, 1.82) is 0 Å². The minimum Gasteiger partial charge on any atom is -0.444 e. The molecule has 1 N–H and O–H groups in total. The number of aliphatic hydroxyl groups excluding tert-OH is 1. The van der Waals surface area contributed by atoms with Crippen LogP contribution in [-0.2, 0) is 4.74 Å². The zero-order valence-electron chi connectivity index (χ0n) is 11.4. The van der Waals surface area contributed by atoms with Crippen molar-refractivity contribution in [2.75, 3.05) is 13.2 Å². The molecule has 4 heteroatoms. The maximum absolute atomic E-state index is 12.1. The summed E-state index contributed by atoms with van der Waals surface area (Å²) in [6.45, 7) is 9.66. The van der Waals surface area contributed by atoms with E-state index in [0.29, 0.717) is 6.54 Å². The molecule has 0 bridgehead atoms. The second-order valence-corrected chi connectivity index (χ2v) is 5.50. The standard InChI is InChI=1S/C14H23NO3/c1-5-9-15(13(17)18-14(2,3)4)12-8-6-7-11(12)10-16/h5-7,11-12,16H,1,8-10H2,2-4H3/t11-,12+/m0/s1. The summed E-state index contributed by atoms with van der Waals surface area (Å²) in [5.41, 5.74) is -0.517. The molecule has 1 rings (SSSR count). The molecule has 0 heterocycles. The van der Waals surface area contributed by atoms with E-state index >= 15 is 0 Å². The third-order valence-electron chi connectivity index (χ3n) is 2.82. The van der Waals surface area contributed by atoms with Gasteiger partial charge in [0.05, 0.1) is 6.61 Å². The number of rotatable bonds is 4. The van der Waals surface area contributed by atoms with E-state index in [0.717, 1.165) is 6.42 Å². The number of carbonyl (C=O) groups is 1. The average Bonchev–Trinajstić information content (AvgIpc) is 2.70. The molecule has 102 valence electrons. The monoisotopic (exact) mass is 253 g/mol. The van der Waals surface area contributed by atoms with Gasteiger partial charge in [-0.2, -0.15) is 0 Å². The highest BCUT2D eigenvalue weighted by atomic mass is 16.6. The molecule has 0 spiro atoms. The van der Waals surface area contributed by atoms with Gasteiger partial charge in [0.25, 0.3) is 0 Å². The van der Waals surface area contributed by atoms with E-state index in [9.17, 15) is 9.90 Å². The maximum Gasteiger partial charge on any atom is 0.410 e. The fourth-order valence-electron chi connectivity index (χ4n) is 2.04. The molecule has 0 fully saturated rings. The predicted molar refractivity (Wildman–Crippen MR) is 71.3 cm³/mol. The van der Waals surface area contributed by atoms with Gasteiger partial charge in [-0.15, -0.1) is 6.58 Å². The molecule has 0 aromatic rings. The van der Waals surface area contributed by atoms with Crippen LogP contribution in [0.25, 0.3) is 0 Å². The molecule has 2 atom stereocenters. The van der Waals surface area contributed by atoms with Gasteiger partial charge in [-0.3, -0.25) is 0 Å². The summed E-state index contributed by atoms with van der Waals surface area (Å²) < 4.78 is 5.39. The molecular formula is C14H23NO3. The van der Waals surface area contributed by atoms with Crippen LogP contribution in [0.1, 0.15) is 27.2 Å². The Bertz CT molecular complexity index is 330. The Morgan fingerprint density at radius 1 is 1.61 bits per heavy atom. The Morgan fingerprint density at radius 2 is 2.28 bits per heavy atom. The number of hydrogen-bond donors (Lipinski definition) is 1. The second-order valence-electron chi connectivity index (χ2n) is 5.50. The van der Waals surface area contributed by atoms with Crippen molar-refractivity contribution in [3.63, 3.8) is 0 Å². The van der Waals surface area contributed by atoms with Crippen molar-refractivity contribution in [3.8, 4) is 0 Å². The zero-order valence-corrected chi connectivity index (χ0v) is 11.4. The van der Waals surface area contributed by atoms with Crippen molar-refractivity contribution >= 4 is 6.09 Å². The lowest BCUT2D eigenvalue weighted by atomic mass is 10.0. The average molecular weight is 253 g/mol. The minimum absolute atomic E-state index is 0.0162. The smallest absolute Gasteiger partial charge is 0.410 e. The summed E-state index contributed by atoms with van der Waals surface area (Å²) in [5, 5.41) is 9.31. The molecule has 0 aromatic carbocycles. The van der Waals surface area contributed by atoms with Gasteiger partial charge in [0.2, 0.25) is 0 Å². The number of ether oxygens (including phenoxy) is 1. The number of amides is 1. The van der Waals surface area contributed by atoms with Crippen molar-refractivity contribution in [1.82, 2.24) is 4.90 Å². The largest absolute Gasteiger partial charge is 0.444 e. The summed E-state index contributed by atoms with van der Waals surface area (Å²) in [6, 6.07) is -0.0390. The molecule has 1 aliphatic rings. The number of aliphatic hydroxyl groups is 1. The molecule has 1 aliphatic carbocycles. The maximum atomic E-state index is 12.1. The van der Waals surface area contributed by atoms with Crippen molar-refractivity contribution in [2.45, 2.75) is 38.8 Å². The van der Waals surface area contributed by atoms with Crippen LogP contribution in [0.3, 0.4) is 0 Å². The lowest BCUT2D eigenvalue weighted by molar-refractivity contribution is 0.0135. The van der Waals surface area contributed by atoms with E-state index in [2.05, 4.69) is 6.58 Å². The lowest BCUT2D eigenvalue weighted by Crippen LogP contribution is -2.46. The first-order chi connectivity index (χ1) is 8.39. The Hall–Kier alpha value is -1.29. The van der Waals surface area contributed by atoms with E-state index in [1.807, 2.05) is 32.9 Å². The molecular weight excluding hydrogens is 230 g/mol. The summed E-state index contributed by atoms with van der Waals surface area (Å²) in [5.74, 6) is -0.0162. The van der Waals surface area contributed by atoms with E-state index in [-0.39, 0.29) is 24.7 Å². The zero-order chi connectivity index (χ0) is 13.8. The van der Waals surface area contributed by atoms with Gasteiger partial charge < -0.3 is 14.7 Å². The van der Waals surface area contributed by atoms with Crippen LogP contribution in [0.15, 0.2) is 24.8 Å². The van der Waals surface area contributed by atoms with Crippen LogP contribution in [0.2, 0.25) is 0 Å². The Kier molecular flexibility index (Phi) is 4.96. The third kappa shape index (κ3) is 3.88. The Balaban J connectivity index is 2.76. The molecule has 18 heavy (non-hydrogen) atoms. The molecule has 1 amide bonds. The predicted octanol–water partition coefficient (Wildman–Crippen LogP) is 2.35. The highest BCUT2D eigenvalue weighted by Gasteiger charge is 2.33. The van der Waals surface area contributed by atoms with Gasteiger partial charge in [0.15, 0.2) is 0 Å². The summed E-state index contributed by atoms with van der Waals surface area (Å²) in [4.78, 5) is 13.8. The highest BCUT2D eigenvalue weighted by molar-refractivity contribution is 5.69. The van der Waals surface area contributed by atoms with Crippen LogP contribution < -0.4 is 0 Å². The van der Waals surface area contributed by atoms with Crippen molar-refractivity contribution in [2.24, 2.45) is 5.92 Å². The highest BCUT2D eigenvalue weighted by Crippen LogP contribution is 2.25. The molecule has 0 aliphatic heterocycles. The number of nitrogens with zero attached hydrogens (tertiary/aromatic N) is 1. The molecule has 0 saturated heterocycles. The van der Waals surface area contributed by atoms with Gasteiger partial charge >= 0.3 is 6.09 Å². The fraction of sp³-hybridized carbons (Fsp3) is 0.643. The van der Waals surface area contributed by atoms with Crippen LogP contribution >= 0.6 is 0 Å². The van der Waals surface area contributed by atoms with Gasteiger partial charge in [0.1, 0.15) is 5.60 Å². The molecule has 0 aromatic heterocycles. The van der Waals surface area contributed by atoms with Gasteiger partial charge in [0, 0.05) is 18.5 Å². The minimum atomic E-state index is -0.517. The van der Waals surface area contributed by atoms with Crippen LogP contribution in [0, 0.1) is 5.92 Å². The topological polar surface area (TPSA) is 49.8 Å². The first-order valence-electron chi connectivity index (χ1n) is 6.27. The second kappa shape index (κ2) is 6.05. The summed E-state index contributed by atoms with van der Waals surface area (Å²) >= 11 is 0. The van der Waals surface area contributed by atoms with E-state index in [1.54, 1.807) is 11.0 Å². The fourth-order valence-corrected chi connectivity index (χ4v) is 2.04. The Labute approximate surface area is 109 Å². The van der Waals surface area contributed by atoms with Crippen LogP contribution in [-0.4, -0.2) is 40.9 Å². The van der Waals surface area contributed by atoms with Crippen molar-refractivity contribution < 1.29 is 14.6 Å². The number of hydrogen-bond acceptors (Lipinski definition) is 3. The third-order valence-corrected chi connectivity index (χ3v) is 2.82. The van der Waals surface area contributed by atoms with Gasteiger partial charge in [-0.05, 0) is 27.2 Å². The SMILES string of the molecule is C=CCN(C(=O)OC(C)(C)C)[C@@H]1CC=C[C@H]1CO. The van der Waals surface area contributed by atoms with Crippen molar-refractivity contribution in [3.05, 3.63) is 24.8 Å². The van der Waals surface area contributed by atoms with Crippen LogP contribution in [0.5, 0.6) is 0 Å². The molecule has 0 saturated carbocycles. The van der Waals surface area contributed by atoms with E-state index in [1.165, 1.54) is 0 Å². The van der Waals surface area contributed by atoms with Gasteiger partial charge in [-0.1, -0.05) is 18.2 Å². The summed E-state index contributed by atoms with van der Waals surface area (Å²) in [7, 11) is 0. The molecule has 0 unspecified atom stereocenters. The first-order valence-corrected chi connectivity index (χ1v) is 6.27.